The minimum absolute atomic E-state index is 0.145. The average molecular weight is 988 g/mol. The summed E-state index contributed by atoms with van der Waals surface area (Å²) in [6, 6.07) is 20.5. The third-order valence-corrected chi connectivity index (χ3v) is 14.1. The van der Waals surface area contributed by atoms with Crippen LogP contribution in [0.1, 0.15) is 82.6 Å². The summed E-state index contributed by atoms with van der Waals surface area (Å²) in [5, 5.41) is 19.1. The molecule has 0 spiro atoms. The molecule has 382 valence electrons. The highest BCUT2D eigenvalue weighted by Gasteiger charge is 2.41. The Kier molecular flexibility index (Phi) is 15.1. The number of likely N-dealkylation sites (tertiary alicyclic amines) is 2. The number of benzene rings is 3. The minimum Gasteiger partial charge on any atom is -0.491 e. The lowest BCUT2D eigenvalue weighted by molar-refractivity contribution is -0.136. The predicted molar refractivity (Wildman–Crippen MR) is 269 cm³/mol. The van der Waals surface area contributed by atoms with Gasteiger partial charge in [0.2, 0.25) is 18.0 Å². The number of carbonyl (C=O) groups excluding carboxylic acids is 3. The minimum atomic E-state index is -1.22. The molecule has 9 rings (SSSR count). The fourth-order valence-corrected chi connectivity index (χ4v) is 10.4. The van der Waals surface area contributed by atoms with E-state index in [1.807, 2.05) is 64.2 Å². The van der Waals surface area contributed by atoms with Crippen LogP contribution in [0, 0.1) is 11.8 Å². The standard InChI is InChI=1S/C53H65N9O10/c1-30(2)45(58-52(65)66)49(63)60-18-8-12-41(60)48-55-29-39(57-48)33-14-16-37-43-26-35-24-32(38-28-54-47(56-38)42-13-9-19-61(42)50(64)46(31(3)4)59-53(67)69-6)15-17-40(35)62(43)51(72-44(37)27-33)34-10-7-11-36(25-34)71-23-22-70-21-20-68-5/h7,10-11,14-17,24-28,30-31,41-42,45-46,48,51,55,58H,8-9,12-13,18-23,29H2,1-6H3,(H,54,56)(H,59,67)(H,65,66). The Bertz CT molecular complexity index is 2820. The van der Waals surface area contributed by atoms with Crippen LogP contribution in [0.2, 0.25) is 0 Å². The molecule has 4 aliphatic heterocycles. The Balaban J connectivity index is 1.02. The number of hydrogen-bond acceptors (Lipinski definition) is 12. The highest BCUT2D eigenvalue weighted by molar-refractivity contribution is 6.04. The number of nitrogens with zero attached hydrogens (tertiary/aromatic N) is 5. The number of carboxylic acid groups (broad SMARTS) is 1. The highest BCUT2D eigenvalue weighted by Crippen LogP contribution is 2.46. The average Bonchev–Trinajstić information content (AvgIpc) is 4.24. The van der Waals surface area contributed by atoms with Gasteiger partial charge in [0, 0.05) is 54.4 Å². The molecule has 6 heterocycles. The molecule has 0 bridgehead atoms. The van der Waals surface area contributed by atoms with Crippen LogP contribution in [-0.4, -0.2) is 144 Å². The Hall–Kier alpha value is -6.96. The van der Waals surface area contributed by atoms with E-state index in [1.165, 1.54) is 7.11 Å². The smallest absolute Gasteiger partial charge is 0.407 e. The number of ether oxygens (including phenoxy) is 5. The van der Waals surface area contributed by atoms with Crippen molar-refractivity contribution in [1.82, 2.24) is 40.3 Å². The molecule has 3 aromatic carbocycles. The van der Waals surface area contributed by atoms with Gasteiger partial charge in [0.1, 0.15) is 42.2 Å². The Morgan fingerprint density at radius 3 is 2.38 bits per heavy atom. The van der Waals surface area contributed by atoms with E-state index in [-0.39, 0.29) is 41.9 Å². The van der Waals surface area contributed by atoms with E-state index in [2.05, 4.69) is 61.9 Å². The monoisotopic (exact) mass is 987 g/mol. The number of nitrogens with one attached hydrogen (secondary N) is 4. The van der Waals surface area contributed by atoms with Crippen molar-refractivity contribution in [3.8, 4) is 34.0 Å². The number of amides is 4. The second kappa shape index (κ2) is 21.8. The zero-order valence-corrected chi connectivity index (χ0v) is 41.7. The van der Waals surface area contributed by atoms with E-state index >= 15 is 0 Å². The SMILES string of the molecule is COCCOCCOc1cccc(C2Oc3cc(C4=NC(C5CCCN5C(=O)C(NC(=O)O)C(C)C)NC4)ccc3-c3cc4cc(-c5cnc(C6CCCN6C(=O)C(NC(=O)OC)C(C)C)[nH]5)ccc4n32)c1. The first-order valence-corrected chi connectivity index (χ1v) is 24.9. The summed E-state index contributed by atoms with van der Waals surface area (Å²) in [6.07, 6.45) is 2.11. The van der Waals surface area contributed by atoms with Crippen LogP contribution >= 0.6 is 0 Å². The van der Waals surface area contributed by atoms with Gasteiger partial charge in [-0.25, -0.2) is 14.6 Å². The maximum atomic E-state index is 13.9. The quantitative estimate of drug-likeness (QED) is 0.0577. The van der Waals surface area contributed by atoms with E-state index in [0.717, 1.165) is 75.9 Å². The summed E-state index contributed by atoms with van der Waals surface area (Å²) < 4.78 is 31.0. The van der Waals surface area contributed by atoms with Crippen LogP contribution in [0.3, 0.4) is 0 Å². The molecular weight excluding hydrogens is 923 g/mol. The lowest BCUT2D eigenvalue weighted by Gasteiger charge is -2.32. The molecule has 2 fully saturated rings. The first kappa shape index (κ1) is 50.0. The van der Waals surface area contributed by atoms with Gasteiger partial charge in [-0.1, -0.05) is 52.0 Å². The molecular formula is C53H65N9O10. The molecule has 4 aliphatic rings. The van der Waals surface area contributed by atoms with Crippen molar-refractivity contribution in [1.29, 1.82) is 0 Å². The number of imidazole rings is 1. The molecule has 2 saturated heterocycles. The van der Waals surface area contributed by atoms with E-state index in [4.69, 9.17) is 33.7 Å². The Morgan fingerprint density at radius 2 is 1.60 bits per heavy atom. The third kappa shape index (κ3) is 10.4. The van der Waals surface area contributed by atoms with Gasteiger partial charge in [0.25, 0.3) is 0 Å². The number of rotatable bonds is 18. The number of hydrogen-bond donors (Lipinski definition) is 5. The van der Waals surface area contributed by atoms with E-state index in [1.54, 1.807) is 16.9 Å². The molecule has 72 heavy (non-hydrogen) atoms. The number of aromatic amines is 1. The number of aliphatic imine (C=N–C) groups is 1. The van der Waals surface area contributed by atoms with Crippen LogP contribution in [0.25, 0.3) is 33.4 Å². The number of fused-ring (bicyclic) bond motifs is 5. The molecule has 19 nitrogen and oxygen atoms in total. The van der Waals surface area contributed by atoms with Crippen molar-refractivity contribution in [2.75, 3.05) is 60.3 Å². The summed E-state index contributed by atoms with van der Waals surface area (Å²) in [5.41, 5.74) is 7.16. The zero-order chi connectivity index (χ0) is 50.6. The van der Waals surface area contributed by atoms with Crippen LogP contribution in [0.15, 0.2) is 77.9 Å². The van der Waals surface area contributed by atoms with Crippen molar-refractivity contribution in [2.24, 2.45) is 16.8 Å². The number of H-pyrrole nitrogens is 1. The molecule has 5 N–H and O–H groups in total. The molecule has 4 amide bonds. The van der Waals surface area contributed by atoms with Crippen LogP contribution < -0.4 is 25.4 Å². The highest BCUT2D eigenvalue weighted by atomic mass is 16.5. The van der Waals surface area contributed by atoms with Gasteiger partial charge in [-0.3, -0.25) is 19.9 Å². The lowest BCUT2D eigenvalue weighted by atomic mass is 10.0. The van der Waals surface area contributed by atoms with Gasteiger partial charge < -0.3 is 58.8 Å². The second-order valence-electron chi connectivity index (χ2n) is 19.4. The van der Waals surface area contributed by atoms with Crippen LogP contribution in [0.5, 0.6) is 11.5 Å². The predicted octanol–water partition coefficient (Wildman–Crippen LogP) is 6.73. The first-order chi connectivity index (χ1) is 34.8. The van der Waals surface area contributed by atoms with Gasteiger partial charge in [0.05, 0.1) is 67.8 Å². The topological polar surface area (TPSA) is 223 Å². The van der Waals surface area contributed by atoms with Gasteiger partial charge in [-0.05, 0) is 80.0 Å². The van der Waals surface area contributed by atoms with Gasteiger partial charge >= 0.3 is 12.2 Å². The van der Waals surface area contributed by atoms with Crippen molar-refractivity contribution in [2.45, 2.75) is 89.9 Å². The van der Waals surface area contributed by atoms with Crippen molar-refractivity contribution in [3.63, 3.8) is 0 Å². The van der Waals surface area contributed by atoms with E-state index in [0.29, 0.717) is 63.4 Å². The number of aromatic nitrogens is 3. The second-order valence-corrected chi connectivity index (χ2v) is 19.4. The maximum absolute atomic E-state index is 13.9. The van der Waals surface area contributed by atoms with Gasteiger partial charge in [-0.2, -0.15) is 0 Å². The zero-order valence-electron chi connectivity index (χ0n) is 41.7. The first-order valence-electron chi connectivity index (χ1n) is 24.9. The fourth-order valence-electron chi connectivity index (χ4n) is 10.4. The van der Waals surface area contributed by atoms with Gasteiger partial charge in [0.15, 0.2) is 0 Å². The van der Waals surface area contributed by atoms with Crippen molar-refractivity contribution in [3.05, 3.63) is 89.9 Å². The number of methoxy groups -OCH3 is 2. The molecule has 0 radical (unpaired) electrons. The van der Waals surface area contributed by atoms with Crippen molar-refractivity contribution < 1.29 is 48.0 Å². The number of carbonyl (C=O) groups is 4. The summed E-state index contributed by atoms with van der Waals surface area (Å²) in [6.45, 7) is 10.8. The van der Waals surface area contributed by atoms with E-state index < -0.39 is 30.5 Å². The summed E-state index contributed by atoms with van der Waals surface area (Å²) in [5.74, 6) is 1.29. The summed E-state index contributed by atoms with van der Waals surface area (Å²) in [4.78, 5) is 68.4. The van der Waals surface area contributed by atoms with Crippen molar-refractivity contribution >= 4 is 40.6 Å². The van der Waals surface area contributed by atoms with Gasteiger partial charge in [-0.15, -0.1) is 0 Å². The molecule has 6 unspecified atom stereocenters. The molecule has 2 aromatic heterocycles. The third-order valence-electron chi connectivity index (χ3n) is 14.1. The van der Waals surface area contributed by atoms with Crippen LogP contribution in [-0.2, 0) is 23.8 Å². The Labute approximate surface area is 418 Å². The molecule has 0 saturated carbocycles. The largest absolute Gasteiger partial charge is 0.491 e. The molecule has 19 heteroatoms. The van der Waals surface area contributed by atoms with E-state index in [9.17, 15) is 24.3 Å². The summed E-state index contributed by atoms with van der Waals surface area (Å²) >= 11 is 0. The molecule has 0 aliphatic carbocycles. The fraction of sp³-hybridized carbons (Fsp3) is 0.472. The maximum Gasteiger partial charge on any atom is 0.407 e. The Morgan fingerprint density at radius 1 is 0.847 bits per heavy atom. The summed E-state index contributed by atoms with van der Waals surface area (Å²) in [7, 11) is 2.92. The normalized spacial score (nSPS) is 20.2. The number of alkyl carbamates (subject to hydrolysis) is 1. The van der Waals surface area contributed by atoms with Crippen LogP contribution in [0.4, 0.5) is 9.59 Å². The lowest BCUT2D eigenvalue weighted by Crippen LogP contribution is -2.55. The molecule has 6 atom stereocenters. The molecule has 5 aromatic rings.